The number of carbonyl (C=O) groups excluding carboxylic acids is 1. The second-order valence-corrected chi connectivity index (χ2v) is 4.96. The summed E-state index contributed by atoms with van der Waals surface area (Å²) in [5.74, 6) is 0.775. The molecule has 0 aliphatic heterocycles. The number of ether oxygens (including phenoxy) is 1. The molecule has 0 amide bonds. The fourth-order valence-electron chi connectivity index (χ4n) is 3.20. The van der Waals surface area contributed by atoms with Crippen molar-refractivity contribution >= 4 is 5.97 Å². The lowest BCUT2D eigenvalue weighted by atomic mass is 9.79. The van der Waals surface area contributed by atoms with E-state index in [1.54, 1.807) is 13.8 Å². The van der Waals surface area contributed by atoms with Crippen LogP contribution in [0.2, 0.25) is 0 Å². The Morgan fingerprint density at radius 3 is 2.69 bits per heavy atom. The number of hydrogen-bond acceptors (Lipinski definition) is 3. The predicted octanol–water partition coefficient (Wildman–Crippen LogP) is 1.76. The zero-order valence-corrected chi connectivity index (χ0v) is 9.93. The molecule has 0 saturated heterocycles. The Morgan fingerprint density at radius 1 is 1.50 bits per heavy atom. The van der Waals surface area contributed by atoms with E-state index in [0.29, 0.717) is 18.4 Å². The van der Waals surface area contributed by atoms with Crippen molar-refractivity contribution in [3.63, 3.8) is 0 Å². The maximum Gasteiger partial charge on any atom is 0.311 e. The third-order valence-electron chi connectivity index (χ3n) is 3.87. The van der Waals surface area contributed by atoms with Crippen LogP contribution < -0.4 is 0 Å². The normalized spacial score (nSPS) is 35.1. The minimum atomic E-state index is -0.614. The number of allylic oxidation sites excluding steroid dienone is 2. The van der Waals surface area contributed by atoms with Crippen LogP contribution in [0.4, 0.5) is 0 Å². The molecule has 0 aromatic heterocycles. The van der Waals surface area contributed by atoms with Gasteiger partial charge in [0.15, 0.2) is 0 Å². The van der Waals surface area contributed by atoms with Gasteiger partial charge < -0.3 is 9.84 Å². The van der Waals surface area contributed by atoms with Crippen LogP contribution in [0.1, 0.15) is 26.7 Å². The van der Waals surface area contributed by atoms with Gasteiger partial charge in [-0.3, -0.25) is 4.79 Å². The van der Waals surface area contributed by atoms with Crippen LogP contribution in [0.3, 0.4) is 0 Å². The topological polar surface area (TPSA) is 46.5 Å². The predicted molar refractivity (Wildman–Crippen MR) is 60.6 cm³/mol. The van der Waals surface area contributed by atoms with Gasteiger partial charge in [-0.1, -0.05) is 12.2 Å². The van der Waals surface area contributed by atoms with E-state index in [0.717, 1.165) is 12.8 Å². The molecular formula is C13H20O3. The average Bonchev–Trinajstić information content (AvgIpc) is 2.79. The Hall–Kier alpha value is -0.830. The summed E-state index contributed by atoms with van der Waals surface area (Å²) in [5, 5.41) is 9.77. The van der Waals surface area contributed by atoms with Crippen LogP contribution >= 0.6 is 0 Å². The van der Waals surface area contributed by atoms with Crippen LogP contribution in [0.15, 0.2) is 12.2 Å². The molecule has 0 aromatic rings. The van der Waals surface area contributed by atoms with E-state index in [9.17, 15) is 9.90 Å². The monoisotopic (exact) mass is 224 g/mol. The van der Waals surface area contributed by atoms with Crippen molar-refractivity contribution in [2.45, 2.75) is 32.8 Å². The van der Waals surface area contributed by atoms with Crippen LogP contribution in [-0.4, -0.2) is 23.8 Å². The second kappa shape index (κ2) is 4.58. The van der Waals surface area contributed by atoms with E-state index >= 15 is 0 Å². The Balaban J connectivity index is 2.08. The van der Waals surface area contributed by atoms with Gasteiger partial charge in [0.2, 0.25) is 0 Å². The van der Waals surface area contributed by atoms with E-state index in [4.69, 9.17) is 4.74 Å². The summed E-state index contributed by atoms with van der Waals surface area (Å²) < 4.78 is 5.06. The number of rotatable bonds is 4. The van der Waals surface area contributed by atoms with Crippen molar-refractivity contribution in [3.05, 3.63) is 12.2 Å². The Morgan fingerprint density at radius 2 is 2.25 bits per heavy atom. The molecular weight excluding hydrogens is 204 g/mol. The average molecular weight is 224 g/mol. The molecule has 16 heavy (non-hydrogen) atoms. The quantitative estimate of drug-likeness (QED) is 0.584. The Bertz CT molecular complexity index is 296. The molecule has 3 nitrogen and oxygen atoms in total. The molecule has 0 aromatic carbocycles. The highest BCUT2D eigenvalue weighted by Crippen LogP contribution is 2.47. The largest absolute Gasteiger partial charge is 0.466 e. The summed E-state index contributed by atoms with van der Waals surface area (Å²) >= 11 is 0. The van der Waals surface area contributed by atoms with Gasteiger partial charge in [0, 0.05) is 0 Å². The van der Waals surface area contributed by atoms with E-state index < -0.39 is 6.10 Å². The number of aliphatic hydroxyl groups is 1. The number of aliphatic hydroxyl groups excluding tert-OH is 1. The van der Waals surface area contributed by atoms with Crippen LogP contribution in [0, 0.1) is 23.7 Å². The molecule has 5 atom stereocenters. The molecule has 90 valence electrons. The lowest BCUT2D eigenvalue weighted by Crippen LogP contribution is -2.36. The summed E-state index contributed by atoms with van der Waals surface area (Å²) in [7, 11) is 0. The maximum atomic E-state index is 11.8. The molecule has 1 saturated carbocycles. The van der Waals surface area contributed by atoms with E-state index in [-0.39, 0.29) is 17.8 Å². The Labute approximate surface area is 96.5 Å². The van der Waals surface area contributed by atoms with Crippen molar-refractivity contribution in [1.82, 2.24) is 0 Å². The molecule has 1 fully saturated rings. The molecule has 2 aliphatic rings. The first-order chi connectivity index (χ1) is 7.63. The van der Waals surface area contributed by atoms with Crippen molar-refractivity contribution in [2.75, 3.05) is 6.61 Å². The second-order valence-electron chi connectivity index (χ2n) is 4.96. The summed E-state index contributed by atoms with van der Waals surface area (Å²) in [6.45, 7) is 3.88. The summed E-state index contributed by atoms with van der Waals surface area (Å²) in [6, 6.07) is 0. The molecule has 0 spiro atoms. The molecule has 0 radical (unpaired) electrons. The zero-order chi connectivity index (χ0) is 11.7. The van der Waals surface area contributed by atoms with Gasteiger partial charge in [-0.2, -0.15) is 0 Å². The first kappa shape index (κ1) is 11.6. The zero-order valence-electron chi connectivity index (χ0n) is 9.93. The highest BCUT2D eigenvalue weighted by molar-refractivity contribution is 5.73. The number of fused-ring (bicyclic) bond motifs is 2. The lowest BCUT2D eigenvalue weighted by Gasteiger charge is -2.28. The van der Waals surface area contributed by atoms with Gasteiger partial charge >= 0.3 is 5.97 Å². The van der Waals surface area contributed by atoms with E-state index in [1.807, 2.05) is 0 Å². The highest BCUT2D eigenvalue weighted by Gasteiger charge is 2.44. The summed E-state index contributed by atoms with van der Waals surface area (Å²) in [4.78, 5) is 11.8. The molecule has 2 aliphatic carbocycles. The minimum absolute atomic E-state index is 0.233. The van der Waals surface area contributed by atoms with Gasteiger partial charge in [-0.15, -0.1) is 0 Å². The summed E-state index contributed by atoms with van der Waals surface area (Å²) in [6.07, 6.45) is 6.00. The van der Waals surface area contributed by atoms with Crippen molar-refractivity contribution < 1.29 is 14.6 Å². The molecule has 1 N–H and O–H groups in total. The SMILES string of the molecule is CCOC(=O)C(C(C)O)C1CC2C=CC1C2. The first-order valence-electron chi connectivity index (χ1n) is 6.16. The van der Waals surface area contributed by atoms with E-state index in [1.165, 1.54) is 0 Å². The Kier molecular flexibility index (Phi) is 3.33. The number of carbonyl (C=O) groups is 1. The standard InChI is InChI=1S/C13H20O3/c1-3-16-13(15)12(8(2)14)11-7-9-4-5-10(11)6-9/h4-5,8-12,14H,3,6-7H2,1-2H3. The highest BCUT2D eigenvalue weighted by atomic mass is 16.5. The first-order valence-corrected chi connectivity index (χ1v) is 6.16. The number of hydrogen-bond donors (Lipinski definition) is 1. The fourth-order valence-corrected chi connectivity index (χ4v) is 3.20. The smallest absolute Gasteiger partial charge is 0.311 e. The lowest BCUT2D eigenvalue weighted by molar-refractivity contribution is -0.155. The fraction of sp³-hybridized carbons (Fsp3) is 0.769. The van der Waals surface area contributed by atoms with Gasteiger partial charge in [0.25, 0.3) is 0 Å². The molecule has 0 heterocycles. The van der Waals surface area contributed by atoms with Crippen molar-refractivity contribution in [3.8, 4) is 0 Å². The third-order valence-corrected chi connectivity index (χ3v) is 3.87. The van der Waals surface area contributed by atoms with Gasteiger partial charge in [0.1, 0.15) is 0 Å². The van der Waals surface area contributed by atoms with Crippen molar-refractivity contribution in [2.24, 2.45) is 23.7 Å². The van der Waals surface area contributed by atoms with Gasteiger partial charge in [-0.05, 0) is 44.4 Å². The van der Waals surface area contributed by atoms with Crippen LogP contribution in [0.25, 0.3) is 0 Å². The number of esters is 1. The van der Waals surface area contributed by atoms with Crippen LogP contribution in [-0.2, 0) is 9.53 Å². The summed E-state index contributed by atoms with van der Waals surface area (Å²) in [5.41, 5.74) is 0. The molecule has 2 rings (SSSR count). The molecule has 3 heteroatoms. The van der Waals surface area contributed by atoms with Gasteiger partial charge in [0.05, 0.1) is 18.6 Å². The molecule has 2 bridgehead atoms. The van der Waals surface area contributed by atoms with Crippen LogP contribution in [0.5, 0.6) is 0 Å². The maximum absolute atomic E-state index is 11.8. The van der Waals surface area contributed by atoms with E-state index in [2.05, 4.69) is 12.2 Å². The van der Waals surface area contributed by atoms with Gasteiger partial charge in [-0.25, -0.2) is 0 Å². The third kappa shape index (κ3) is 2.01. The molecule has 5 unspecified atom stereocenters. The van der Waals surface area contributed by atoms with Crippen molar-refractivity contribution in [1.29, 1.82) is 0 Å². The minimum Gasteiger partial charge on any atom is -0.466 e.